The number of unbranched alkanes of at least 4 members (excludes halogenated alkanes) is 5. The minimum Gasteiger partial charge on any atom is -0.103 e. The standard InChI is InChI=1S/C12H21/c1-3-5-7-9-11-12-10-8-6-4-2/h3,11-12H,1-2,4-10H2/b12-11+. The molecule has 0 aliphatic rings. The van der Waals surface area contributed by atoms with Gasteiger partial charge in [0.25, 0.3) is 0 Å². The molecule has 0 saturated carbocycles. The predicted octanol–water partition coefficient (Wildman–Crippen LogP) is 4.29. The number of hydrogen-bond acceptors (Lipinski definition) is 0. The van der Waals surface area contributed by atoms with E-state index in [9.17, 15) is 0 Å². The Morgan fingerprint density at radius 2 is 1.50 bits per heavy atom. The second kappa shape index (κ2) is 10.5. The molecule has 0 saturated heterocycles. The molecule has 0 aromatic carbocycles. The minimum absolute atomic E-state index is 1.07. The summed E-state index contributed by atoms with van der Waals surface area (Å²) >= 11 is 0. The van der Waals surface area contributed by atoms with Gasteiger partial charge in [0, 0.05) is 0 Å². The Balaban J connectivity index is 2.98. The molecule has 0 fully saturated rings. The van der Waals surface area contributed by atoms with E-state index in [2.05, 4.69) is 25.7 Å². The second-order valence-corrected chi connectivity index (χ2v) is 3.04. The van der Waals surface area contributed by atoms with Crippen LogP contribution in [-0.2, 0) is 0 Å². The lowest BCUT2D eigenvalue weighted by molar-refractivity contribution is 0.757. The zero-order chi connectivity index (χ0) is 9.07. The maximum atomic E-state index is 3.81. The highest BCUT2D eigenvalue weighted by Gasteiger charge is 1.82. The van der Waals surface area contributed by atoms with Crippen molar-refractivity contribution in [2.75, 3.05) is 0 Å². The van der Waals surface area contributed by atoms with Crippen molar-refractivity contribution >= 4 is 0 Å². The van der Waals surface area contributed by atoms with E-state index in [0.29, 0.717) is 0 Å². The van der Waals surface area contributed by atoms with Crippen molar-refractivity contribution < 1.29 is 0 Å². The van der Waals surface area contributed by atoms with Crippen molar-refractivity contribution in [1.29, 1.82) is 0 Å². The monoisotopic (exact) mass is 165 g/mol. The van der Waals surface area contributed by atoms with Crippen LogP contribution in [0.1, 0.15) is 44.9 Å². The number of allylic oxidation sites excluding steroid dienone is 3. The van der Waals surface area contributed by atoms with Gasteiger partial charge in [-0.15, -0.1) is 6.58 Å². The van der Waals surface area contributed by atoms with Gasteiger partial charge in [-0.05, 0) is 32.1 Å². The maximum Gasteiger partial charge on any atom is -0.0348 e. The largest absolute Gasteiger partial charge is 0.103 e. The molecule has 0 aliphatic carbocycles. The summed E-state index contributed by atoms with van der Waals surface area (Å²) in [5.74, 6) is 0. The van der Waals surface area contributed by atoms with Gasteiger partial charge in [0.1, 0.15) is 0 Å². The van der Waals surface area contributed by atoms with E-state index in [4.69, 9.17) is 0 Å². The fourth-order valence-corrected chi connectivity index (χ4v) is 1.05. The Morgan fingerprint density at radius 1 is 0.833 bits per heavy atom. The van der Waals surface area contributed by atoms with E-state index in [1.165, 1.54) is 32.1 Å². The minimum atomic E-state index is 1.07. The molecule has 1 radical (unpaired) electrons. The number of hydrogen-bond donors (Lipinski definition) is 0. The Hall–Kier alpha value is -0.520. The molecule has 0 heteroatoms. The zero-order valence-electron chi connectivity index (χ0n) is 8.10. The quantitative estimate of drug-likeness (QED) is 0.372. The van der Waals surface area contributed by atoms with Gasteiger partial charge in [-0.2, -0.15) is 0 Å². The fraction of sp³-hybridized carbons (Fsp3) is 0.583. The van der Waals surface area contributed by atoms with Crippen LogP contribution in [0.25, 0.3) is 0 Å². The van der Waals surface area contributed by atoms with E-state index < -0.39 is 0 Å². The SMILES string of the molecule is [CH2]CCCC/C=C/CCCC=C. The average molecular weight is 165 g/mol. The molecule has 0 aromatic rings. The highest BCUT2D eigenvalue weighted by atomic mass is 13.9. The summed E-state index contributed by atoms with van der Waals surface area (Å²) < 4.78 is 0. The molecule has 0 atom stereocenters. The highest BCUT2D eigenvalue weighted by molar-refractivity contribution is 4.82. The molecule has 0 heterocycles. The second-order valence-electron chi connectivity index (χ2n) is 3.04. The van der Waals surface area contributed by atoms with Crippen molar-refractivity contribution in [2.45, 2.75) is 44.9 Å². The molecular formula is C12H21. The molecule has 0 nitrogen and oxygen atoms in total. The molecule has 0 bridgehead atoms. The first-order valence-electron chi connectivity index (χ1n) is 4.97. The van der Waals surface area contributed by atoms with E-state index in [1.54, 1.807) is 0 Å². The Kier molecular flexibility index (Phi) is 10.0. The van der Waals surface area contributed by atoms with Crippen LogP contribution < -0.4 is 0 Å². The molecule has 12 heavy (non-hydrogen) atoms. The van der Waals surface area contributed by atoms with Gasteiger partial charge in [0.05, 0.1) is 0 Å². The molecule has 0 spiro atoms. The topological polar surface area (TPSA) is 0 Å². The van der Waals surface area contributed by atoms with Crippen molar-refractivity contribution in [3.8, 4) is 0 Å². The lowest BCUT2D eigenvalue weighted by Gasteiger charge is -1.92. The molecule has 0 aromatic heterocycles. The molecule has 0 rings (SSSR count). The summed E-state index contributed by atoms with van der Waals surface area (Å²) in [6.45, 7) is 7.50. The summed E-state index contributed by atoms with van der Waals surface area (Å²) in [5.41, 5.74) is 0. The van der Waals surface area contributed by atoms with Gasteiger partial charge in [-0.25, -0.2) is 0 Å². The van der Waals surface area contributed by atoms with Crippen LogP contribution >= 0.6 is 0 Å². The molecule has 0 N–H and O–H groups in total. The first kappa shape index (κ1) is 11.5. The van der Waals surface area contributed by atoms with Gasteiger partial charge in [0.2, 0.25) is 0 Å². The van der Waals surface area contributed by atoms with Crippen LogP contribution in [0, 0.1) is 6.92 Å². The summed E-state index contributed by atoms with van der Waals surface area (Å²) in [7, 11) is 0. The fourth-order valence-electron chi connectivity index (χ4n) is 1.05. The average Bonchev–Trinajstić information content (AvgIpc) is 2.10. The molecule has 69 valence electrons. The molecule has 0 amide bonds. The first-order chi connectivity index (χ1) is 5.91. The van der Waals surface area contributed by atoms with Crippen LogP contribution in [0.2, 0.25) is 0 Å². The third-order valence-corrected chi connectivity index (χ3v) is 1.82. The van der Waals surface area contributed by atoms with Crippen molar-refractivity contribution in [3.63, 3.8) is 0 Å². The van der Waals surface area contributed by atoms with Crippen molar-refractivity contribution in [3.05, 3.63) is 31.7 Å². The Morgan fingerprint density at radius 3 is 2.08 bits per heavy atom. The van der Waals surface area contributed by atoms with Crippen LogP contribution in [0.15, 0.2) is 24.8 Å². The van der Waals surface area contributed by atoms with E-state index in [1.807, 2.05) is 6.08 Å². The summed E-state index contributed by atoms with van der Waals surface area (Å²) in [6, 6.07) is 0. The van der Waals surface area contributed by atoms with Gasteiger partial charge < -0.3 is 0 Å². The van der Waals surface area contributed by atoms with E-state index >= 15 is 0 Å². The van der Waals surface area contributed by atoms with Crippen LogP contribution in [0.4, 0.5) is 0 Å². The van der Waals surface area contributed by atoms with E-state index in [-0.39, 0.29) is 0 Å². The molecule has 0 aliphatic heterocycles. The zero-order valence-corrected chi connectivity index (χ0v) is 8.10. The predicted molar refractivity (Wildman–Crippen MR) is 57.0 cm³/mol. The van der Waals surface area contributed by atoms with Crippen LogP contribution in [-0.4, -0.2) is 0 Å². The van der Waals surface area contributed by atoms with Gasteiger partial charge in [-0.1, -0.05) is 38.0 Å². The van der Waals surface area contributed by atoms with Crippen molar-refractivity contribution in [2.24, 2.45) is 0 Å². The summed E-state index contributed by atoms with van der Waals surface area (Å²) in [6.07, 6.45) is 15.0. The normalized spacial score (nSPS) is 10.8. The van der Waals surface area contributed by atoms with Crippen LogP contribution in [0.3, 0.4) is 0 Å². The van der Waals surface area contributed by atoms with Gasteiger partial charge >= 0.3 is 0 Å². The highest BCUT2D eigenvalue weighted by Crippen LogP contribution is 2.02. The third kappa shape index (κ3) is 9.48. The Labute approximate surface area is 77.4 Å². The smallest absolute Gasteiger partial charge is 0.0348 e. The lowest BCUT2D eigenvalue weighted by Crippen LogP contribution is -1.72. The van der Waals surface area contributed by atoms with E-state index in [0.717, 1.165) is 12.8 Å². The molecular weight excluding hydrogens is 144 g/mol. The Bertz CT molecular complexity index is 111. The third-order valence-electron chi connectivity index (χ3n) is 1.82. The first-order valence-corrected chi connectivity index (χ1v) is 4.97. The maximum absolute atomic E-state index is 3.81. The lowest BCUT2D eigenvalue weighted by atomic mass is 10.1. The summed E-state index contributed by atoms with van der Waals surface area (Å²) in [4.78, 5) is 0. The summed E-state index contributed by atoms with van der Waals surface area (Å²) in [5, 5.41) is 0. The van der Waals surface area contributed by atoms with Gasteiger partial charge in [0.15, 0.2) is 0 Å². The molecule has 0 unspecified atom stereocenters. The van der Waals surface area contributed by atoms with Gasteiger partial charge in [-0.3, -0.25) is 0 Å². The van der Waals surface area contributed by atoms with Crippen molar-refractivity contribution in [1.82, 2.24) is 0 Å². The number of rotatable bonds is 8. The van der Waals surface area contributed by atoms with Crippen LogP contribution in [0.5, 0.6) is 0 Å².